The number of fused-ring (bicyclic) bond motifs is 1. The lowest BCUT2D eigenvalue weighted by molar-refractivity contribution is 0.329. The van der Waals surface area contributed by atoms with Crippen LogP contribution >= 0.6 is 0 Å². The zero-order chi connectivity index (χ0) is 13.4. The maximum atomic E-state index is 4.57. The molecule has 0 amide bonds. The van der Waals surface area contributed by atoms with Crippen LogP contribution in [0.1, 0.15) is 38.1 Å². The van der Waals surface area contributed by atoms with Gasteiger partial charge in [-0.15, -0.1) is 5.10 Å². The summed E-state index contributed by atoms with van der Waals surface area (Å²) in [6.07, 6.45) is 14.3. The molecule has 1 fully saturated rings. The Morgan fingerprint density at radius 1 is 1.15 bits per heavy atom. The van der Waals surface area contributed by atoms with Crippen LogP contribution in [0, 0.1) is 0 Å². The standard InChI is InChI=1S/C15H17N5/c1-2-4-12(5-3-1)20-10-11(8-18-20)14-9-17-19-15-13(14)6-7-16-15/h6-10,12H,1-5H2,(H,16,19). The molecule has 0 bridgehead atoms. The van der Waals surface area contributed by atoms with Crippen LogP contribution in [-0.4, -0.2) is 25.0 Å². The van der Waals surface area contributed by atoms with Crippen LogP contribution in [0.2, 0.25) is 0 Å². The Morgan fingerprint density at radius 3 is 2.95 bits per heavy atom. The van der Waals surface area contributed by atoms with Gasteiger partial charge in [0.15, 0.2) is 5.65 Å². The summed E-state index contributed by atoms with van der Waals surface area (Å²) < 4.78 is 2.13. The first-order chi connectivity index (χ1) is 9.92. The first kappa shape index (κ1) is 11.6. The SMILES string of the molecule is c1cc2c(-c3cnn(C4CCCCC4)c3)cnnc2[nH]1. The molecule has 1 aliphatic rings. The molecule has 1 saturated carbocycles. The fourth-order valence-electron chi connectivity index (χ4n) is 3.13. The van der Waals surface area contributed by atoms with Crippen molar-refractivity contribution in [3.63, 3.8) is 0 Å². The third-order valence-electron chi connectivity index (χ3n) is 4.22. The normalized spacial score (nSPS) is 16.8. The van der Waals surface area contributed by atoms with Gasteiger partial charge in [-0.05, 0) is 18.9 Å². The van der Waals surface area contributed by atoms with Gasteiger partial charge >= 0.3 is 0 Å². The summed E-state index contributed by atoms with van der Waals surface area (Å²) in [5.41, 5.74) is 3.04. The van der Waals surface area contributed by atoms with E-state index in [-0.39, 0.29) is 0 Å². The van der Waals surface area contributed by atoms with E-state index in [0.717, 1.165) is 22.2 Å². The van der Waals surface area contributed by atoms with Crippen LogP contribution in [0.25, 0.3) is 22.2 Å². The predicted octanol–water partition coefficient (Wildman–Crippen LogP) is 3.33. The summed E-state index contributed by atoms with van der Waals surface area (Å²) in [5.74, 6) is 0. The van der Waals surface area contributed by atoms with Gasteiger partial charge in [0, 0.05) is 28.9 Å². The highest BCUT2D eigenvalue weighted by Crippen LogP contribution is 2.30. The maximum absolute atomic E-state index is 4.57. The summed E-state index contributed by atoms with van der Waals surface area (Å²) in [6.45, 7) is 0. The van der Waals surface area contributed by atoms with Crippen molar-refractivity contribution in [3.8, 4) is 11.1 Å². The summed E-state index contributed by atoms with van der Waals surface area (Å²) in [4.78, 5) is 3.10. The highest BCUT2D eigenvalue weighted by molar-refractivity contribution is 5.91. The van der Waals surface area contributed by atoms with Gasteiger partial charge in [0.1, 0.15) is 0 Å². The van der Waals surface area contributed by atoms with Crippen LogP contribution in [0.3, 0.4) is 0 Å². The molecule has 3 aromatic rings. The largest absolute Gasteiger partial charge is 0.345 e. The number of H-pyrrole nitrogens is 1. The molecule has 3 heterocycles. The van der Waals surface area contributed by atoms with Crippen molar-refractivity contribution < 1.29 is 0 Å². The molecule has 3 aromatic heterocycles. The van der Waals surface area contributed by atoms with Crippen molar-refractivity contribution in [2.45, 2.75) is 38.1 Å². The molecule has 102 valence electrons. The fraction of sp³-hybridized carbons (Fsp3) is 0.400. The van der Waals surface area contributed by atoms with Crippen molar-refractivity contribution in [1.82, 2.24) is 25.0 Å². The molecule has 20 heavy (non-hydrogen) atoms. The number of nitrogens with one attached hydrogen (secondary N) is 1. The monoisotopic (exact) mass is 267 g/mol. The highest BCUT2D eigenvalue weighted by Gasteiger charge is 2.17. The molecule has 5 nitrogen and oxygen atoms in total. The molecule has 0 radical (unpaired) electrons. The molecule has 0 aliphatic heterocycles. The average Bonchev–Trinajstić information content (AvgIpc) is 3.17. The van der Waals surface area contributed by atoms with Gasteiger partial charge < -0.3 is 4.98 Å². The van der Waals surface area contributed by atoms with Crippen LogP contribution in [0.4, 0.5) is 0 Å². The van der Waals surface area contributed by atoms with Gasteiger partial charge in [0.2, 0.25) is 0 Å². The predicted molar refractivity (Wildman–Crippen MR) is 77.2 cm³/mol. The average molecular weight is 267 g/mol. The van der Waals surface area contributed by atoms with E-state index in [1.54, 1.807) is 0 Å². The highest BCUT2D eigenvalue weighted by atomic mass is 15.3. The van der Waals surface area contributed by atoms with Crippen molar-refractivity contribution in [3.05, 3.63) is 30.9 Å². The Labute approximate surface area is 117 Å². The summed E-state index contributed by atoms with van der Waals surface area (Å²) in [6, 6.07) is 2.60. The minimum atomic E-state index is 0.564. The molecular weight excluding hydrogens is 250 g/mol. The van der Waals surface area contributed by atoms with E-state index in [2.05, 4.69) is 31.2 Å². The second kappa shape index (κ2) is 4.74. The van der Waals surface area contributed by atoms with E-state index >= 15 is 0 Å². The Balaban J connectivity index is 1.72. The van der Waals surface area contributed by atoms with Gasteiger partial charge in [0.05, 0.1) is 18.4 Å². The number of aromatic nitrogens is 5. The van der Waals surface area contributed by atoms with Crippen molar-refractivity contribution >= 4 is 11.0 Å². The molecule has 0 spiro atoms. The van der Waals surface area contributed by atoms with Crippen LogP contribution in [0.15, 0.2) is 30.9 Å². The van der Waals surface area contributed by atoms with Gasteiger partial charge in [0.25, 0.3) is 0 Å². The lowest BCUT2D eigenvalue weighted by Crippen LogP contribution is -2.12. The quantitative estimate of drug-likeness (QED) is 0.774. The smallest absolute Gasteiger partial charge is 0.160 e. The number of rotatable bonds is 2. The van der Waals surface area contributed by atoms with Gasteiger partial charge in [-0.25, -0.2) is 0 Å². The Bertz CT molecular complexity index is 721. The van der Waals surface area contributed by atoms with E-state index in [0.29, 0.717) is 6.04 Å². The summed E-state index contributed by atoms with van der Waals surface area (Å²) in [5, 5.41) is 13.8. The van der Waals surface area contributed by atoms with E-state index in [1.165, 1.54) is 32.1 Å². The fourth-order valence-corrected chi connectivity index (χ4v) is 3.13. The molecule has 4 rings (SSSR count). The number of hydrogen-bond acceptors (Lipinski definition) is 3. The van der Waals surface area contributed by atoms with E-state index in [1.807, 2.05) is 24.7 Å². The molecule has 1 aliphatic carbocycles. The molecule has 0 aromatic carbocycles. The molecule has 1 N–H and O–H groups in total. The van der Waals surface area contributed by atoms with Crippen molar-refractivity contribution in [2.24, 2.45) is 0 Å². The number of aromatic amines is 1. The minimum Gasteiger partial charge on any atom is -0.345 e. The number of nitrogens with zero attached hydrogens (tertiary/aromatic N) is 4. The van der Waals surface area contributed by atoms with Crippen molar-refractivity contribution in [2.75, 3.05) is 0 Å². The molecule has 0 saturated heterocycles. The Morgan fingerprint density at radius 2 is 2.05 bits per heavy atom. The Hall–Kier alpha value is -2.17. The zero-order valence-electron chi connectivity index (χ0n) is 11.3. The zero-order valence-corrected chi connectivity index (χ0v) is 11.3. The van der Waals surface area contributed by atoms with E-state index < -0.39 is 0 Å². The molecule has 0 atom stereocenters. The maximum Gasteiger partial charge on any atom is 0.160 e. The second-order valence-electron chi connectivity index (χ2n) is 5.50. The molecule has 0 unspecified atom stereocenters. The van der Waals surface area contributed by atoms with Crippen LogP contribution in [0.5, 0.6) is 0 Å². The lowest BCUT2D eigenvalue weighted by atomic mass is 9.96. The third kappa shape index (κ3) is 1.90. The van der Waals surface area contributed by atoms with E-state index in [4.69, 9.17) is 0 Å². The summed E-state index contributed by atoms with van der Waals surface area (Å²) in [7, 11) is 0. The molecular formula is C15H17N5. The van der Waals surface area contributed by atoms with Gasteiger partial charge in [-0.1, -0.05) is 19.3 Å². The lowest BCUT2D eigenvalue weighted by Gasteiger charge is -2.21. The summed E-state index contributed by atoms with van der Waals surface area (Å²) >= 11 is 0. The van der Waals surface area contributed by atoms with Crippen molar-refractivity contribution in [1.29, 1.82) is 0 Å². The topological polar surface area (TPSA) is 59.4 Å². The number of hydrogen-bond donors (Lipinski definition) is 1. The van der Waals surface area contributed by atoms with Gasteiger partial charge in [-0.2, -0.15) is 10.2 Å². The minimum absolute atomic E-state index is 0.564. The molecule has 5 heteroatoms. The van der Waals surface area contributed by atoms with E-state index in [9.17, 15) is 0 Å². The van der Waals surface area contributed by atoms with Crippen LogP contribution in [-0.2, 0) is 0 Å². The van der Waals surface area contributed by atoms with Crippen LogP contribution < -0.4 is 0 Å². The van der Waals surface area contributed by atoms with Gasteiger partial charge in [-0.3, -0.25) is 4.68 Å². The first-order valence-corrected chi connectivity index (χ1v) is 7.25. The second-order valence-corrected chi connectivity index (χ2v) is 5.50. The third-order valence-corrected chi connectivity index (χ3v) is 4.22. The Kier molecular flexibility index (Phi) is 2.76. The first-order valence-electron chi connectivity index (χ1n) is 7.25.